The van der Waals surface area contributed by atoms with Crippen LogP contribution in [0.3, 0.4) is 0 Å². The molecule has 0 unspecified atom stereocenters. The average molecular weight is 495 g/mol. The van der Waals surface area contributed by atoms with E-state index in [9.17, 15) is 13.2 Å². The second kappa shape index (κ2) is 9.33. The number of nitrogens with zero attached hydrogens (tertiary/aromatic N) is 2. The van der Waals surface area contributed by atoms with E-state index in [2.05, 4.69) is 4.98 Å². The number of carbonyl (C=O) groups excluding carboxylic acids is 1. The van der Waals surface area contributed by atoms with Crippen molar-refractivity contribution in [2.45, 2.75) is 18.4 Å². The zero-order valence-corrected chi connectivity index (χ0v) is 19.5. The SMILES string of the molecule is Cc1c(Cl)c(COC(=O)c2ccc(Cl)c(S(=O)(=O)N3CCOCC3)c2)nc2ccccc12. The molecule has 1 aromatic heterocycles. The Balaban J connectivity index is 1.56. The molecular weight excluding hydrogens is 475 g/mol. The van der Waals surface area contributed by atoms with Crippen molar-refractivity contribution >= 4 is 50.1 Å². The number of aryl methyl sites for hydroxylation is 1. The van der Waals surface area contributed by atoms with Crippen LogP contribution < -0.4 is 0 Å². The van der Waals surface area contributed by atoms with Gasteiger partial charge in [0.25, 0.3) is 0 Å². The molecule has 0 aliphatic carbocycles. The molecule has 0 atom stereocenters. The Morgan fingerprint density at radius 3 is 2.62 bits per heavy atom. The number of esters is 1. The van der Waals surface area contributed by atoms with E-state index in [-0.39, 0.29) is 35.2 Å². The number of sulfonamides is 1. The fraction of sp³-hybridized carbons (Fsp3) is 0.273. The molecule has 1 fully saturated rings. The molecule has 3 aromatic rings. The normalized spacial score (nSPS) is 15.1. The van der Waals surface area contributed by atoms with Gasteiger partial charge in [0, 0.05) is 18.5 Å². The monoisotopic (exact) mass is 494 g/mol. The number of para-hydroxylation sites is 1. The zero-order valence-electron chi connectivity index (χ0n) is 17.2. The highest BCUT2D eigenvalue weighted by Gasteiger charge is 2.29. The quantitative estimate of drug-likeness (QED) is 0.493. The minimum absolute atomic E-state index is 0.0305. The predicted molar refractivity (Wildman–Crippen MR) is 122 cm³/mol. The lowest BCUT2D eigenvalue weighted by molar-refractivity contribution is 0.0468. The van der Waals surface area contributed by atoms with Crippen molar-refractivity contribution in [2.75, 3.05) is 26.3 Å². The summed E-state index contributed by atoms with van der Waals surface area (Å²) in [6.45, 7) is 2.77. The summed E-state index contributed by atoms with van der Waals surface area (Å²) in [5, 5.41) is 1.37. The van der Waals surface area contributed by atoms with Crippen molar-refractivity contribution in [3.05, 3.63) is 69.3 Å². The number of halogens is 2. The van der Waals surface area contributed by atoms with Crippen LogP contribution in [0.2, 0.25) is 10.0 Å². The molecule has 0 saturated carbocycles. The van der Waals surface area contributed by atoms with Gasteiger partial charge in [-0.1, -0.05) is 41.4 Å². The van der Waals surface area contributed by atoms with Gasteiger partial charge in [-0.3, -0.25) is 0 Å². The largest absolute Gasteiger partial charge is 0.456 e. The van der Waals surface area contributed by atoms with Gasteiger partial charge in [-0.05, 0) is 36.8 Å². The van der Waals surface area contributed by atoms with Gasteiger partial charge in [0.2, 0.25) is 10.0 Å². The maximum Gasteiger partial charge on any atom is 0.338 e. The van der Waals surface area contributed by atoms with E-state index in [0.29, 0.717) is 23.9 Å². The van der Waals surface area contributed by atoms with E-state index in [0.717, 1.165) is 16.5 Å². The summed E-state index contributed by atoms with van der Waals surface area (Å²) in [7, 11) is -3.87. The van der Waals surface area contributed by atoms with Gasteiger partial charge in [0.05, 0.1) is 40.0 Å². The van der Waals surface area contributed by atoms with Crippen LogP contribution in [0.25, 0.3) is 10.9 Å². The van der Waals surface area contributed by atoms with Crippen LogP contribution in [0.1, 0.15) is 21.6 Å². The lowest BCUT2D eigenvalue weighted by Gasteiger charge is -2.26. The molecule has 0 radical (unpaired) electrons. The number of hydrogen-bond donors (Lipinski definition) is 0. The van der Waals surface area contributed by atoms with Gasteiger partial charge >= 0.3 is 5.97 Å². The molecule has 0 amide bonds. The van der Waals surface area contributed by atoms with E-state index < -0.39 is 16.0 Å². The minimum atomic E-state index is -3.87. The smallest absolute Gasteiger partial charge is 0.338 e. The minimum Gasteiger partial charge on any atom is -0.456 e. The molecule has 2 heterocycles. The fourth-order valence-corrected chi connectivity index (χ4v) is 5.59. The molecule has 7 nitrogen and oxygen atoms in total. The van der Waals surface area contributed by atoms with E-state index in [4.69, 9.17) is 32.7 Å². The summed E-state index contributed by atoms with van der Waals surface area (Å²) in [5.74, 6) is -0.705. The third-order valence-electron chi connectivity index (χ3n) is 5.24. The van der Waals surface area contributed by atoms with Gasteiger partial charge in [-0.15, -0.1) is 0 Å². The van der Waals surface area contributed by atoms with Crippen molar-refractivity contribution in [1.29, 1.82) is 0 Å². The van der Waals surface area contributed by atoms with E-state index in [1.54, 1.807) is 0 Å². The molecule has 4 rings (SSSR count). The van der Waals surface area contributed by atoms with Crippen LogP contribution in [0.15, 0.2) is 47.4 Å². The highest BCUT2D eigenvalue weighted by atomic mass is 35.5. The first kappa shape index (κ1) is 22.9. The zero-order chi connectivity index (χ0) is 22.9. The highest BCUT2D eigenvalue weighted by Crippen LogP contribution is 2.29. The van der Waals surface area contributed by atoms with Crippen molar-refractivity contribution < 1.29 is 22.7 Å². The number of carbonyl (C=O) groups is 1. The molecule has 0 N–H and O–H groups in total. The summed E-state index contributed by atoms with van der Waals surface area (Å²) >= 11 is 12.6. The second-order valence-corrected chi connectivity index (χ2v) is 9.94. The first-order chi connectivity index (χ1) is 15.3. The Morgan fingerprint density at radius 1 is 1.16 bits per heavy atom. The number of fused-ring (bicyclic) bond motifs is 1. The molecule has 0 spiro atoms. The number of benzene rings is 2. The maximum atomic E-state index is 13.0. The van der Waals surface area contributed by atoms with Crippen LogP contribution in [0.4, 0.5) is 0 Å². The maximum absolute atomic E-state index is 13.0. The third-order valence-corrected chi connectivity index (χ3v) is 8.12. The van der Waals surface area contributed by atoms with Gasteiger partial charge in [-0.25, -0.2) is 18.2 Å². The Kier molecular flexibility index (Phi) is 6.69. The number of aromatic nitrogens is 1. The van der Waals surface area contributed by atoms with Gasteiger partial charge in [0.1, 0.15) is 11.5 Å². The number of ether oxygens (including phenoxy) is 2. The van der Waals surface area contributed by atoms with E-state index in [1.807, 2.05) is 31.2 Å². The van der Waals surface area contributed by atoms with Crippen LogP contribution in [-0.2, 0) is 26.1 Å². The molecule has 1 aliphatic heterocycles. The van der Waals surface area contributed by atoms with Crippen molar-refractivity contribution in [3.8, 4) is 0 Å². The number of pyridine rings is 1. The second-order valence-electron chi connectivity index (χ2n) is 7.25. The number of rotatable bonds is 5. The summed E-state index contributed by atoms with van der Waals surface area (Å²) in [6.07, 6.45) is 0. The highest BCUT2D eigenvalue weighted by molar-refractivity contribution is 7.89. The summed E-state index contributed by atoms with van der Waals surface area (Å²) in [5.41, 5.74) is 2.07. The molecule has 10 heteroatoms. The van der Waals surface area contributed by atoms with Crippen molar-refractivity contribution in [1.82, 2.24) is 9.29 Å². The van der Waals surface area contributed by atoms with Gasteiger partial charge in [-0.2, -0.15) is 4.31 Å². The van der Waals surface area contributed by atoms with Gasteiger partial charge in [0.15, 0.2) is 0 Å². The topological polar surface area (TPSA) is 85.8 Å². The lowest BCUT2D eigenvalue weighted by atomic mass is 10.1. The van der Waals surface area contributed by atoms with Crippen LogP contribution in [0.5, 0.6) is 0 Å². The Morgan fingerprint density at radius 2 is 1.88 bits per heavy atom. The van der Waals surface area contributed by atoms with Crippen LogP contribution in [-0.4, -0.2) is 50.0 Å². The molecular formula is C22H20Cl2N2O5S. The molecule has 32 heavy (non-hydrogen) atoms. The van der Waals surface area contributed by atoms with Crippen LogP contribution >= 0.6 is 23.2 Å². The molecule has 0 bridgehead atoms. The van der Waals surface area contributed by atoms with Crippen molar-refractivity contribution in [3.63, 3.8) is 0 Å². The third kappa shape index (κ3) is 4.46. The summed E-state index contributed by atoms with van der Waals surface area (Å²) in [4.78, 5) is 17.0. The molecule has 1 saturated heterocycles. The molecule has 168 valence electrons. The van der Waals surface area contributed by atoms with Crippen LogP contribution in [0, 0.1) is 6.92 Å². The number of hydrogen-bond acceptors (Lipinski definition) is 6. The standard InChI is InChI=1S/C22H20Cl2N2O5S/c1-14-16-4-2-3-5-18(16)25-19(21(14)24)13-31-22(27)15-6-7-17(23)20(12-15)32(28,29)26-8-10-30-11-9-26/h2-7,12H,8-11,13H2,1H3. The fourth-order valence-electron chi connectivity index (χ4n) is 3.48. The Hall–Kier alpha value is -2.23. The molecule has 1 aliphatic rings. The number of morpholine rings is 1. The molecule has 2 aromatic carbocycles. The predicted octanol–water partition coefficient (Wildman–Crippen LogP) is 4.23. The first-order valence-corrected chi connectivity index (χ1v) is 12.1. The average Bonchev–Trinajstić information content (AvgIpc) is 2.81. The lowest BCUT2D eigenvalue weighted by Crippen LogP contribution is -2.40. The van der Waals surface area contributed by atoms with Crippen molar-refractivity contribution in [2.24, 2.45) is 0 Å². The van der Waals surface area contributed by atoms with E-state index in [1.165, 1.54) is 22.5 Å². The first-order valence-electron chi connectivity index (χ1n) is 9.87. The Bertz CT molecular complexity index is 1290. The Labute approximate surface area is 195 Å². The summed E-state index contributed by atoms with van der Waals surface area (Å²) < 4.78 is 37.8. The summed E-state index contributed by atoms with van der Waals surface area (Å²) in [6, 6.07) is 11.6. The van der Waals surface area contributed by atoms with E-state index >= 15 is 0 Å². The van der Waals surface area contributed by atoms with Gasteiger partial charge < -0.3 is 9.47 Å².